The smallest absolute Gasteiger partial charge is 0.306 e. The largest absolute Gasteiger partial charge is 0.508 e. The number of carboxylic acids is 1. The molecule has 0 aliphatic rings. The molecule has 4 nitrogen and oxygen atoms in total. The summed E-state index contributed by atoms with van der Waals surface area (Å²) in [5, 5.41) is 18.3. The molecule has 0 aromatic heterocycles. The van der Waals surface area contributed by atoms with Crippen LogP contribution in [0.2, 0.25) is 0 Å². The second-order valence-corrected chi connectivity index (χ2v) is 7.25. The summed E-state index contributed by atoms with van der Waals surface area (Å²) in [6.07, 6.45) is 0.487. The number of ether oxygens (including phenoxy) is 1. The Morgan fingerprint density at radius 1 is 1.27 bits per heavy atom. The van der Waals surface area contributed by atoms with E-state index in [1.165, 1.54) is 0 Å². The number of phenols is 1. The van der Waals surface area contributed by atoms with Gasteiger partial charge in [-0.15, -0.1) is 0 Å². The van der Waals surface area contributed by atoms with Crippen LogP contribution in [0.3, 0.4) is 0 Å². The Bertz CT molecular complexity index is 670. The van der Waals surface area contributed by atoms with Crippen LogP contribution in [-0.2, 0) is 11.2 Å². The van der Waals surface area contributed by atoms with Crippen LogP contribution < -0.4 is 4.74 Å². The standard InChI is InChI=1S/C16H14I2O4.H2/c1-9(16(20)21)6-10-7-13(17)15(14(18)8-10)22-12-4-2-11(19)3-5-12;/h2-5,7-9,19H,6H2,1H3,(H,20,21);1H/i;1+2T. The molecule has 22 heavy (non-hydrogen) atoms. The molecule has 2 N–H and O–H groups in total. The lowest BCUT2D eigenvalue weighted by Gasteiger charge is -2.13. The molecule has 118 valence electrons. The average Bonchev–Trinajstić information content (AvgIpc) is 2.54. The summed E-state index contributed by atoms with van der Waals surface area (Å²) in [6.45, 7) is 1.70. The third-order valence-corrected chi connectivity index (χ3v) is 4.68. The summed E-state index contributed by atoms with van der Waals surface area (Å²) < 4.78 is 17.7. The predicted molar refractivity (Wildman–Crippen MR) is 103 cm³/mol. The van der Waals surface area contributed by atoms with Crippen molar-refractivity contribution in [3.63, 3.8) is 0 Å². The molecule has 0 aliphatic heterocycles. The molecule has 6 heteroatoms. The van der Waals surface area contributed by atoms with Crippen LogP contribution in [0.4, 0.5) is 0 Å². The maximum absolute atomic E-state index is 11.0. The minimum absolute atomic E-state index is 0.190. The van der Waals surface area contributed by atoms with Crippen LogP contribution in [0.25, 0.3) is 0 Å². The Balaban J connectivity index is 0.00000139. The van der Waals surface area contributed by atoms with E-state index in [0.29, 0.717) is 12.2 Å². The summed E-state index contributed by atoms with van der Waals surface area (Å²) in [5.41, 5.74) is 0.974. The van der Waals surface area contributed by atoms with Crippen LogP contribution in [0.15, 0.2) is 36.4 Å². The van der Waals surface area contributed by atoms with Crippen molar-refractivity contribution in [3.8, 4) is 17.2 Å². The van der Waals surface area contributed by atoms with Gasteiger partial charge >= 0.3 is 5.97 Å². The summed E-state index contributed by atoms with van der Waals surface area (Å²) in [6, 6.07) is 10.4. The fourth-order valence-corrected chi connectivity index (χ4v) is 4.02. The first-order valence-electron chi connectivity index (χ1n) is 7.54. The van der Waals surface area contributed by atoms with E-state index in [1.807, 2.05) is 12.1 Å². The molecular weight excluding hydrogens is 510 g/mol. The van der Waals surface area contributed by atoms with E-state index in [9.17, 15) is 9.90 Å². The predicted octanol–water partition coefficient (Wildman–Crippen LogP) is 4.90. The zero-order valence-corrected chi connectivity index (χ0v) is 16.0. The number of hydrogen-bond acceptors (Lipinski definition) is 3. The van der Waals surface area contributed by atoms with E-state index in [0.717, 1.165) is 18.5 Å². The van der Waals surface area contributed by atoms with E-state index >= 15 is 0 Å². The van der Waals surface area contributed by atoms with Crippen LogP contribution in [0.1, 0.15) is 15.5 Å². The van der Waals surface area contributed by atoms with E-state index in [4.69, 9.17) is 12.8 Å². The van der Waals surface area contributed by atoms with Crippen molar-refractivity contribution in [2.75, 3.05) is 0 Å². The topological polar surface area (TPSA) is 66.8 Å². The fraction of sp³-hybridized carbons (Fsp3) is 0.188. The summed E-state index contributed by atoms with van der Waals surface area (Å²) >= 11 is 4.37. The van der Waals surface area contributed by atoms with Crippen LogP contribution in [0.5, 0.6) is 17.2 Å². The lowest BCUT2D eigenvalue weighted by atomic mass is 10.0. The third kappa shape index (κ3) is 4.48. The highest BCUT2D eigenvalue weighted by atomic mass is 127. The lowest BCUT2D eigenvalue weighted by molar-refractivity contribution is -0.141. The molecule has 0 fully saturated rings. The van der Waals surface area contributed by atoms with Crippen molar-refractivity contribution in [2.24, 2.45) is 5.92 Å². The molecular formula is C16H16I2O4. The average molecular weight is 530 g/mol. The minimum atomic E-state index is -0.797. The number of hydrogen-bond donors (Lipinski definition) is 2. The maximum Gasteiger partial charge on any atom is 0.306 e. The van der Waals surface area contributed by atoms with Crippen molar-refractivity contribution in [3.05, 3.63) is 49.1 Å². The van der Waals surface area contributed by atoms with E-state index < -0.39 is 11.9 Å². The summed E-state index contributed by atoms with van der Waals surface area (Å²) in [5.74, 6) is 0.346. The molecule has 0 saturated carbocycles. The Morgan fingerprint density at radius 2 is 1.82 bits per heavy atom. The molecule has 1 atom stereocenters. The maximum atomic E-state index is 11.0. The molecule has 0 spiro atoms. The highest BCUT2D eigenvalue weighted by molar-refractivity contribution is 14.1. The van der Waals surface area contributed by atoms with Crippen LogP contribution in [-0.4, -0.2) is 16.2 Å². The van der Waals surface area contributed by atoms with Crippen molar-refractivity contribution in [2.45, 2.75) is 13.3 Å². The molecule has 2 aromatic carbocycles. The van der Waals surface area contributed by atoms with Crippen LogP contribution >= 0.6 is 45.2 Å². The first-order chi connectivity index (χ1) is 11.4. The summed E-state index contributed by atoms with van der Waals surface area (Å²) in [7, 11) is 0. The second-order valence-electron chi connectivity index (χ2n) is 4.93. The Kier molecular flexibility index (Phi) is 5.40. The Morgan fingerprint density at radius 3 is 2.32 bits per heavy atom. The van der Waals surface area contributed by atoms with Gasteiger partial charge in [0.05, 0.1) is 13.1 Å². The van der Waals surface area contributed by atoms with Crippen molar-refractivity contribution in [1.29, 1.82) is 0 Å². The number of rotatable bonds is 5. The van der Waals surface area contributed by atoms with Gasteiger partial charge in [0.1, 0.15) is 11.5 Å². The Labute approximate surface area is 158 Å². The molecule has 0 bridgehead atoms. The van der Waals surface area contributed by atoms with Gasteiger partial charge in [-0.05, 0) is 93.6 Å². The van der Waals surface area contributed by atoms with Gasteiger partial charge in [0, 0.05) is 2.97 Å². The van der Waals surface area contributed by atoms with E-state index in [-0.39, 0.29) is 5.75 Å². The van der Waals surface area contributed by atoms with Gasteiger partial charge in [0.25, 0.3) is 0 Å². The monoisotopic (exact) mass is 530 g/mol. The van der Waals surface area contributed by atoms with Gasteiger partial charge in [-0.3, -0.25) is 4.79 Å². The van der Waals surface area contributed by atoms with Crippen molar-refractivity contribution >= 4 is 51.2 Å². The van der Waals surface area contributed by atoms with Crippen molar-refractivity contribution in [1.82, 2.24) is 0 Å². The Hall–Kier alpha value is -1.03. The number of halogens is 2. The lowest BCUT2D eigenvalue weighted by Crippen LogP contribution is -2.12. The van der Waals surface area contributed by atoms with Gasteiger partial charge in [0.2, 0.25) is 0 Å². The first-order valence-corrected chi connectivity index (χ1v) is 8.70. The highest BCUT2D eigenvalue weighted by Crippen LogP contribution is 2.33. The first kappa shape index (κ1) is 15.9. The quantitative estimate of drug-likeness (QED) is 0.540. The van der Waals surface area contributed by atoms with Gasteiger partial charge in [-0.1, -0.05) is 6.92 Å². The highest BCUT2D eigenvalue weighted by Gasteiger charge is 2.15. The zero-order chi connectivity index (χ0) is 18.3. The number of phenolic OH excluding ortho intramolecular Hbond substituents is 1. The van der Waals surface area contributed by atoms with Crippen molar-refractivity contribution < 1.29 is 22.7 Å². The molecule has 0 amide bonds. The molecule has 0 aliphatic carbocycles. The van der Waals surface area contributed by atoms with Crippen LogP contribution in [0, 0.1) is 13.1 Å². The second kappa shape index (κ2) is 7.49. The minimum Gasteiger partial charge on any atom is -0.508 e. The number of benzene rings is 2. The SMILES string of the molecule is CC(Cc1cc(I)c(Oc2ccc(O)cc2)c(I)c1)C(=O)O.[3H][3H]. The van der Waals surface area contributed by atoms with Gasteiger partial charge in [-0.2, -0.15) is 0 Å². The van der Waals surface area contributed by atoms with Gasteiger partial charge in [-0.25, -0.2) is 0 Å². The fourth-order valence-electron chi connectivity index (χ4n) is 1.90. The van der Waals surface area contributed by atoms with E-state index in [2.05, 4.69) is 45.2 Å². The number of carboxylic acid groups (broad SMARTS) is 1. The number of carbonyl (C=O) groups is 1. The number of aromatic hydroxyl groups is 1. The zero-order valence-electron chi connectivity index (χ0n) is 13.7. The molecule has 0 heterocycles. The third-order valence-electron chi connectivity index (χ3n) is 3.08. The molecule has 2 rings (SSSR count). The summed E-state index contributed by atoms with van der Waals surface area (Å²) in [4.78, 5) is 11.0. The van der Waals surface area contributed by atoms with Gasteiger partial charge < -0.3 is 14.9 Å². The molecule has 0 saturated heterocycles. The molecule has 2 aromatic rings. The van der Waals surface area contributed by atoms with E-state index in [1.54, 1.807) is 31.2 Å². The van der Waals surface area contributed by atoms with Gasteiger partial charge in [0.15, 0.2) is 5.75 Å². The number of aliphatic carboxylic acids is 1. The molecule has 1 unspecified atom stereocenters. The molecule has 0 radical (unpaired) electrons. The normalized spacial score (nSPS) is 12.3.